The Bertz CT molecular complexity index is 2530. The monoisotopic (exact) mass is 590 g/mol. The zero-order chi connectivity index (χ0) is 31.5. The van der Waals surface area contributed by atoms with Crippen LogP contribution in [-0.4, -0.2) is 24.1 Å². The number of nitrogens with zero attached hydrogens (tertiary/aromatic N) is 8. The number of nitriles is 3. The summed E-state index contributed by atoms with van der Waals surface area (Å²) in [7, 11) is 0. The second kappa shape index (κ2) is 10.1. The zero-order valence-electron chi connectivity index (χ0n) is 24.8. The van der Waals surface area contributed by atoms with Gasteiger partial charge in [-0.25, -0.2) is 15.0 Å². The summed E-state index contributed by atoms with van der Waals surface area (Å²) in [6.07, 6.45) is 0. The van der Waals surface area contributed by atoms with E-state index in [2.05, 4.69) is 44.5 Å². The van der Waals surface area contributed by atoms with Gasteiger partial charge >= 0.3 is 0 Å². The molecule has 3 aromatic heterocycles. The highest BCUT2D eigenvalue weighted by molar-refractivity contribution is 6.12. The van der Waals surface area contributed by atoms with E-state index in [1.807, 2.05) is 98.8 Å². The highest BCUT2D eigenvalue weighted by atomic mass is 15.1. The topological polar surface area (TPSA) is 120 Å². The Morgan fingerprint density at radius 2 is 0.913 bits per heavy atom. The molecule has 0 saturated heterocycles. The van der Waals surface area contributed by atoms with Gasteiger partial charge in [0.25, 0.3) is 0 Å². The minimum atomic E-state index is 0.431. The van der Waals surface area contributed by atoms with E-state index in [9.17, 15) is 15.8 Å². The molecule has 0 aliphatic heterocycles. The Hall–Kier alpha value is -6.82. The van der Waals surface area contributed by atoms with Crippen molar-refractivity contribution in [3.63, 3.8) is 0 Å². The van der Waals surface area contributed by atoms with Crippen molar-refractivity contribution in [2.24, 2.45) is 0 Å². The van der Waals surface area contributed by atoms with E-state index in [4.69, 9.17) is 9.97 Å². The van der Waals surface area contributed by atoms with Crippen LogP contribution < -0.4 is 0 Å². The largest absolute Gasteiger partial charge is 0.308 e. The lowest BCUT2D eigenvalue weighted by Gasteiger charge is -2.20. The van der Waals surface area contributed by atoms with Crippen LogP contribution in [-0.2, 0) is 0 Å². The lowest BCUT2D eigenvalue weighted by Crippen LogP contribution is -2.08. The molecule has 0 bridgehead atoms. The first-order chi connectivity index (χ1) is 22.5. The molecule has 3 heterocycles. The molecule has 0 aliphatic carbocycles. The average Bonchev–Trinajstić information content (AvgIpc) is 3.59. The number of benzene rings is 5. The maximum absolute atomic E-state index is 10.5. The summed E-state index contributed by atoms with van der Waals surface area (Å²) in [4.78, 5) is 14.2. The van der Waals surface area contributed by atoms with Crippen LogP contribution in [0.3, 0.4) is 0 Å². The van der Waals surface area contributed by atoms with E-state index < -0.39 is 0 Å². The molecule has 214 valence electrons. The molecule has 8 heteroatoms. The van der Waals surface area contributed by atoms with Gasteiger partial charge in [0.05, 0.1) is 73.9 Å². The molecule has 0 saturated carbocycles. The van der Waals surface area contributed by atoms with Crippen molar-refractivity contribution in [2.75, 3.05) is 0 Å². The number of hydrogen-bond acceptors (Lipinski definition) is 6. The molecule has 0 N–H and O–H groups in total. The van der Waals surface area contributed by atoms with Crippen molar-refractivity contribution in [1.29, 1.82) is 15.8 Å². The van der Waals surface area contributed by atoms with Crippen LogP contribution in [0.1, 0.15) is 28.3 Å². The molecule has 0 radical (unpaired) electrons. The van der Waals surface area contributed by atoms with Crippen molar-refractivity contribution in [2.45, 2.75) is 13.8 Å². The molecular weight excluding hydrogens is 568 g/mol. The van der Waals surface area contributed by atoms with E-state index in [0.29, 0.717) is 51.1 Å². The normalized spacial score (nSPS) is 11.2. The van der Waals surface area contributed by atoms with Gasteiger partial charge in [0.1, 0.15) is 11.6 Å². The molecule has 0 atom stereocenters. The van der Waals surface area contributed by atoms with E-state index in [1.165, 1.54) is 0 Å². The second-order valence-electron chi connectivity index (χ2n) is 11.1. The van der Waals surface area contributed by atoms with Crippen LogP contribution in [0.2, 0.25) is 0 Å². The lowest BCUT2D eigenvalue weighted by molar-refractivity contribution is 0.924. The van der Waals surface area contributed by atoms with Crippen LogP contribution >= 0.6 is 0 Å². The third-order valence-corrected chi connectivity index (χ3v) is 8.40. The number of aryl methyl sites for hydroxylation is 2. The molecule has 8 rings (SSSR count). The Morgan fingerprint density at radius 1 is 0.478 bits per heavy atom. The standard InChI is InChI=1S/C38H22N8/c1-22-42-23(2)44-38(43-22)37-35(45-31-9-5-3-7-27(31)29-13-11-24(19-39)15-33(29)45)17-26(21-41)18-36(37)46-32-10-6-4-8-28(32)30-14-12-25(20-40)16-34(30)46/h3-18H,1-2H3. The molecule has 0 aliphatic rings. The summed E-state index contributed by atoms with van der Waals surface area (Å²) < 4.78 is 4.18. The number of fused-ring (bicyclic) bond motifs is 6. The van der Waals surface area contributed by atoms with Crippen molar-refractivity contribution < 1.29 is 0 Å². The fraction of sp³-hybridized carbons (Fsp3) is 0.0526. The first kappa shape index (κ1) is 26.8. The summed E-state index contributed by atoms with van der Waals surface area (Å²) >= 11 is 0. The molecule has 46 heavy (non-hydrogen) atoms. The van der Waals surface area contributed by atoms with Gasteiger partial charge in [-0.2, -0.15) is 15.8 Å². The predicted molar refractivity (Wildman–Crippen MR) is 178 cm³/mol. The molecule has 5 aromatic carbocycles. The molecule has 0 unspecified atom stereocenters. The van der Waals surface area contributed by atoms with Gasteiger partial charge in [0, 0.05) is 21.5 Å². The van der Waals surface area contributed by atoms with Gasteiger partial charge < -0.3 is 9.13 Å². The highest BCUT2D eigenvalue weighted by Gasteiger charge is 2.25. The van der Waals surface area contributed by atoms with Crippen LogP contribution in [0.15, 0.2) is 97.1 Å². The Balaban J connectivity index is 1.63. The van der Waals surface area contributed by atoms with Crippen LogP contribution in [0.4, 0.5) is 0 Å². The molecular formula is C38H22N8. The fourth-order valence-corrected chi connectivity index (χ4v) is 6.58. The molecule has 8 aromatic rings. The van der Waals surface area contributed by atoms with Gasteiger partial charge in [0.2, 0.25) is 0 Å². The van der Waals surface area contributed by atoms with E-state index >= 15 is 0 Å². The summed E-state index contributed by atoms with van der Waals surface area (Å²) in [6, 6.07) is 38.1. The van der Waals surface area contributed by atoms with Gasteiger partial charge in [-0.3, -0.25) is 0 Å². The second-order valence-corrected chi connectivity index (χ2v) is 11.1. The molecule has 0 spiro atoms. The molecule has 8 nitrogen and oxygen atoms in total. The van der Waals surface area contributed by atoms with Gasteiger partial charge in [0.15, 0.2) is 5.82 Å². The number of para-hydroxylation sites is 2. The summed E-state index contributed by atoms with van der Waals surface area (Å²) in [5.74, 6) is 1.57. The van der Waals surface area contributed by atoms with E-state index in [1.54, 1.807) is 0 Å². The maximum atomic E-state index is 10.5. The summed E-state index contributed by atoms with van der Waals surface area (Å²) in [5, 5.41) is 34.2. The summed E-state index contributed by atoms with van der Waals surface area (Å²) in [6.45, 7) is 3.67. The predicted octanol–water partition coefficient (Wildman–Crippen LogP) is 7.96. The van der Waals surface area contributed by atoms with Crippen molar-refractivity contribution >= 4 is 43.6 Å². The Morgan fingerprint density at radius 3 is 1.37 bits per heavy atom. The zero-order valence-corrected chi connectivity index (χ0v) is 24.8. The SMILES string of the molecule is Cc1nc(C)nc(-c2c(-n3c4ccccc4c4ccc(C#N)cc43)cc(C#N)cc2-n2c3ccccc3c3ccc(C#N)cc32)n1. The van der Waals surface area contributed by atoms with Crippen LogP contribution in [0.5, 0.6) is 0 Å². The first-order valence-electron chi connectivity index (χ1n) is 14.6. The average molecular weight is 591 g/mol. The van der Waals surface area contributed by atoms with Gasteiger partial charge in [-0.05, 0) is 62.4 Å². The smallest absolute Gasteiger partial charge is 0.167 e. The number of aromatic nitrogens is 5. The third kappa shape index (κ3) is 3.94. The van der Waals surface area contributed by atoms with Crippen LogP contribution in [0.25, 0.3) is 66.4 Å². The first-order valence-corrected chi connectivity index (χ1v) is 14.6. The van der Waals surface area contributed by atoms with Crippen molar-refractivity contribution in [1.82, 2.24) is 24.1 Å². The van der Waals surface area contributed by atoms with Crippen molar-refractivity contribution in [3.8, 4) is 41.0 Å². The third-order valence-electron chi connectivity index (χ3n) is 8.40. The van der Waals surface area contributed by atoms with E-state index in [-0.39, 0.29) is 0 Å². The fourth-order valence-electron chi connectivity index (χ4n) is 6.58. The quantitative estimate of drug-likeness (QED) is 0.206. The van der Waals surface area contributed by atoms with E-state index in [0.717, 1.165) is 43.6 Å². The molecule has 0 amide bonds. The highest BCUT2D eigenvalue weighted by Crippen LogP contribution is 2.42. The number of hydrogen-bond donors (Lipinski definition) is 0. The van der Waals surface area contributed by atoms with Gasteiger partial charge in [-0.1, -0.05) is 48.5 Å². The number of rotatable bonds is 3. The lowest BCUT2D eigenvalue weighted by atomic mass is 10.0. The van der Waals surface area contributed by atoms with Gasteiger partial charge in [-0.15, -0.1) is 0 Å². The Labute approximate surface area is 263 Å². The maximum Gasteiger partial charge on any atom is 0.167 e. The van der Waals surface area contributed by atoms with Crippen molar-refractivity contribution in [3.05, 3.63) is 125 Å². The summed E-state index contributed by atoms with van der Waals surface area (Å²) in [5.41, 5.74) is 6.98. The minimum absolute atomic E-state index is 0.431. The molecule has 0 fully saturated rings. The Kier molecular flexibility index (Phi) is 5.90. The minimum Gasteiger partial charge on any atom is -0.308 e. The van der Waals surface area contributed by atoms with Crippen LogP contribution in [0, 0.1) is 47.8 Å².